The molecule has 3 N–H and O–H groups in total. The number of piperazine rings is 1. The van der Waals surface area contributed by atoms with E-state index in [0.717, 1.165) is 65.1 Å². The highest BCUT2D eigenvalue weighted by Gasteiger charge is 2.14. The second kappa shape index (κ2) is 10.8. The van der Waals surface area contributed by atoms with E-state index in [0.29, 0.717) is 12.5 Å². The molecule has 0 bridgehead atoms. The first-order chi connectivity index (χ1) is 18.0. The zero-order valence-electron chi connectivity index (χ0n) is 21.6. The number of nitrogens with one attached hydrogen (secondary N) is 3. The normalized spacial score (nSPS) is 14.0. The van der Waals surface area contributed by atoms with Crippen LogP contribution in [0.25, 0.3) is 22.0 Å². The molecule has 190 valence electrons. The summed E-state index contributed by atoms with van der Waals surface area (Å²) in [4.78, 5) is 26.0. The molecule has 2 amide bonds. The Bertz CT molecular complexity index is 1400. The van der Waals surface area contributed by atoms with Crippen LogP contribution in [0.5, 0.6) is 0 Å². The summed E-state index contributed by atoms with van der Waals surface area (Å²) in [5.41, 5.74) is 7.05. The molecule has 0 atom stereocenters. The van der Waals surface area contributed by atoms with Crippen molar-refractivity contribution in [3.63, 3.8) is 0 Å². The molecule has 1 aliphatic heterocycles. The maximum absolute atomic E-state index is 11.9. The maximum atomic E-state index is 11.9. The fourth-order valence-electron chi connectivity index (χ4n) is 4.56. The smallest absolute Gasteiger partial charge is 0.319 e. The lowest BCUT2D eigenvalue weighted by molar-refractivity contribution is 0.252. The molecule has 0 saturated carbocycles. The summed E-state index contributed by atoms with van der Waals surface area (Å²) in [5.74, 6) is 0.567. The van der Waals surface area contributed by atoms with Crippen molar-refractivity contribution in [3.05, 3.63) is 72.4 Å². The summed E-state index contributed by atoms with van der Waals surface area (Å²) in [6.07, 6.45) is 1.85. The van der Waals surface area contributed by atoms with Crippen molar-refractivity contribution in [1.82, 2.24) is 20.2 Å². The first kappa shape index (κ1) is 24.5. The Balaban J connectivity index is 1.31. The Morgan fingerprint density at radius 3 is 2.46 bits per heavy atom. The number of amides is 2. The minimum Gasteiger partial charge on any atom is -0.369 e. The van der Waals surface area contributed by atoms with Gasteiger partial charge in [0.2, 0.25) is 5.95 Å². The number of nitrogens with zero attached hydrogens (tertiary/aromatic N) is 4. The van der Waals surface area contributed by atoms with Crippen LogP contribution in [0.4, 0.5) is 27.8 Å². The number of urea groups is 1. The van der Waals surface area contributed by atoms with Crippen LogP contribution in [0.15, 0.2) is 66.9 Å². The third-order valence-electron chi connectivity index (χ3n) is 6.72. The molecule has 3 aromatic carbocycles. The Hall–Kier alpha value is -4.17. The van der Waals surface area contributed by atoms with Crippen molar-refractivity contribution in [2.75, 3.05) is 55.3 Å². The van der Waals surface area contributed by atoms with E-state index < -0.39 is 0 Å². The number of benzene rings is 3. The van der Waals surface area contributed by atoms with Crippen molar-refractivity contribution in [1.29, 1.82) is 0 Å². The monoisotopic (exact) mass is 495 g/mol. The van der Waals surface area contributed by atoms with Crippen LogP contribution in [-0.2, 0) is 0 Å². The third kappa shape index (κ3) is 5.81. The van der Waals surface area contributed by atoms with Gasteiger partial charge in [0.1, 0.15) is 0 Å². The van der Waals surface area contributed by atoms with Crippen molar-refractivity contribution in [2.24, 2.45) is 0 Å². The average Bonchev–Trinajstić information content (AvgIpc) is 2.91. The highest BCUT2D eigenvalue weighted by Crippen LogP contribution is 2.29. The lowest BCUT2D eigenvalue weighted by atomic mass is 9.98. The molecule has 5 rings (SSSR count). The largest absolute Gasteiger partial charge is 0.369 e. The van der Waals surface area contributed by atoms with Crippen molar-refractivity contribution in [3.8, 4) is 11.1 Å². The van der Waals surface area contributed by atoms with E-state index in [2.05, 4.69) is 81.1 Å². The number of aromatic nitrogens is 2. The fourth-order valence-corrected chi connectivity index (χ4v) is 4.56. The second-order valence-electron chi connectivity index (χ2n) is 9.44. The summed E-state index contributed by atoms with van der Waals surface area (Å²) in [6, 6.07) is 20.3. The molecule has 1 aromatic heterocycles. The first-order valence-electron chi connectivity index (χ1n) is 12.7. The lowest BCUT2D eigenvalue weighted by Gasteiger charge is -2.34. The number of hydrogen-bond donors (Lipinski definition) is 3. The number of carbonyl (C=O) groups excluding carboxylic acids is 1. The van der Waals surface area contributed by atoms with Gasteiger partial charge in [-0.1, -0.05) is 12.1 Å². The molecule has 0 unspecified atom stereocenters. The zero-order chi connectivity index (χ0) is 25.8. The van der Waals surface area contributed by atoms with Gasteiger partial charge in [0, 0.05) is 61.4 Å². The molecule has 1 fully saturated rings. The predicted octanol–water partition coefficient (Wildman–Crippen LogP) is 5.24. The van der Waals surface area contributed by atoms with E-state index in [-0.39, 0.29) is 6.03 Å². The van der Waals surface area contributed by atoms with Gasteiger partial charge in [-0.05, 0) is 86.1 Å². The van der Waals surface area contributed by atoms with Crippen LogP contribution in [0.1, 0.15) is 12.5 Å². The molecule has 0 radical (unpaired) electrons. The van der Waals surface area contributed by atoms with Crippen LogP contribution < -0.4 is 20.9 Å². The third-order valence-corrected chi connectivity index (χ3v) is 6.72. The van der Waals surface area contributed by atoms with Gasteiger partial charge in [0.25, 0.3) is 0 Å². The summed E-state index contributed by atoms with van der Waals surface area (Å²) in [5, 5.41) is 9.92. The van der Waals surface area contributed by atoms with Gasteiger partial charge in [-0.25, -0.2) is 14.8 Å². The molecule has 2 heterocycles. The van der Waals surface area contributed by atoms with Gasteiger partial charge in [-0.3, -0.25) is 0 Å². The fraction of sp³-hybridized carbons (Fsp3) is 0.276. The van der Waals surface area contributed by atoms with Crippen molar-refractivity contribution >= 4 is 39.9 Å². The number of aryl methyl sites for hydroxylation is 1. The minimum atomic E-state index is -0.210. The molecule has 0 spiro atoms. The predicted molar refractivity (Wildman–Crippen MR) is 152 cm³/mol. The topological polar surface area (TPSA) is 85.4 Å². The number of rotatable bonds is 6. The summed E-state index contributed by atoms with van der Waals surface area (Å²) in [6.45, 7) is 8.81. The molecular weight excluding hydrogens is 462 g/mol. The highest BCUT2D eigenvalue weighted by molar-refractivity contribution is 5.91. The van der Waals surface area contributed by atoms with Crippen molar-refractivity contribution < 1.29 is 4.79 Å². The molecule has 0 aliphatic carbocycles. The summed E-state index contributed by atoms with van der Waals surface area (Å²) < 4.78 is 0. The molecule has 8 heteroatoms. The molecule has 1 saturated heterocycles. The number of likely N-dealkylation sites (N-methyl/N-ethyl adjacent to an activating group) is 1. The molecule has 37 heavy (non-hydrogen) atoms. The first-order valence-corrected chi connectivity index (χ1v) is 12.7. The molecule has 1 aliphatic rings. The van der Waals surface area contributed by atoms with Crippen LogP contribution in [0, 0.1) is 6.92 Å². The quantitative estimate of drug-likeness (QED) is 0.339. The van der Waals surface area contributed by atoms with E-state index in [4.69, 9.17) is 4.98 Å². The molecule has 4 aromatic rings. The standard InChI is InChI=1S/C29H33N7O/c1-4-30-29(37)33-24-7-5-20(2)26(18-24)21-6-12-27-22(17-21)19-31-28(34-27)32-23-8-10-25(11-9-23)36-15-13-35(3)14-16-36/h5-12,17-19H,4,13-16H2,1-3H3,(H2,30,33,37)(H,31,32,34). The molecule has 8 nitrogen and oxygen atoms in total. The Morgan fingerprint density at radius 1 is 0.946 bits per heavy atom. The average molecular weight is 496 g/mol. The van der Waals surface area contributed by atoms with Gasteiger partial charge >= 0.3 is 6.03 Å². The number of fused-ring (bicyclic) bond motifs is 1. The van der Waals surface area contributed by atoms with E-state index in [1.54, 1.807) is 0 Å². The van der Waals surface area contributed by atoms with E-state index in [9.17, 15) is 4.79 Å². The highest BCUT2D eigenvalue weighted by atomic mass is 16.2. The summed E-state index contributed by atoms with van der Waals surface area (Å²) in [7, 11) is 2.17. The number of anilines is 4. The Kier molecular flexibility index (Phi) is 7.18. The Morgan fingerprint density at radius 2 is 1.70 bits per heavy atom. The van der Waals surface area contributed by atoms with Gasteiger partial charge < -0.3 is 25.8 Å². The molecular formula is C29H33N7O. The second-order valence-corrected chi connectivity index (χ2v) is 9.44. The Labute approximate surface area is 217 Å². The number of carbonyl (C=O) groups is 1. The van der Waals surface area contributed by atoms with E-state index in [1.165, 1.54) is 5.69 Å². The van der Waals surface area contributed by atoms with E-state index >= 15 is 0 Å². The van der Waals surface area contributed by atoms with Crippen LogP contribution in [-0.4, -0.2) is 60.7 Å². The van der Waals surface area contributed by atoms with E-state index in [1.807, 2.05) is 37.4 Å². The number of hydrogen-bond acceptors (Lipinski definition) is 6. The minimum absolute atomic E-state index is 0.210. The van der Waals surface area contributed by atoms with Crippen LogP contribution in [0.2, 0.25) is 0 Å². The van der Waals surface area contributed by atoms with Gasteiger partial charge in [-0.15, -0.1) is 0 Å². The van der Waals surface area contributed by atoms with Crippen LogP contribution in [0.3, 0.4) is 0 Å². The lowest BCUT2D eigenvalue weighted by Crippen LogP contribution is -2.44. The van der Waals surface area contributed by atoms with Crippen molar-refractivity contribution in [2.45, 2.75) is 13.8 Å². The SMILES string of the molecule is CCNC(=O)Nc1ccc(C)c(-c2ccc3nc(Nc4ccc(N5CCN(C)CC5)cc4)ncc3c2)c1. The van der Waals surface area contributed by atoms with Gasteiger partial charge in [0.15, 0.2) is 0 Å². The van der Waals surface area contributed by atoms with Gasteiger partial charge in [-0.2, -0.15) is 0 Å². The maximum Gasteiger partial charge on any atom is 0.319 e. The zero-order valence-corrected chi connectivity index (χ0v) is 21.6. The van der Waals surface area contributed by atoms with Crippen LogP contribution >= 0.6 is 0 Å². The van der Waals surface area contributed by atoms with Gasteiger partial charge in [0.05, 0.1) is 5.52 Å². The summed E-state index contributed by atoms with van der Waals surface area (Å²) >= 11 is 0.